The number of carbonyl (C=O) groups is 1. The highest BCUT2D eigenvalue weighted by molar-refractivity contribution is 5.94. The number of aryl methyl sites for hydroxylation is 1. The molecule has 0 fully saturated rings. The van der Waals surface area contributed by atoms with E-state index in [0.29, 0.717) is 0 Å². The quantitative estimate of drug-likeness (QED) is 0.784. The van der Waals surface area contributed by atoms with E-state index in [1.807, 2.05) is 24.0 Å². The van der Waals surface area contributed by atoms with Gasteiger partial charge in [-0.05, 0) is 6.07 Å². The van der Waals surface area contributed by atoms with E-state index in [4.69, 9.17) is 4.74 Å². The van der Waals surface area contributed by atoms with Gasteiger partial charge in [-0.25, -0.2) is 13.9 Å². The number of halogens is 1. The van der Waals surface area contributed by atoms with E-state index in [1.54, 1.807) is 10.7 Å². The maximum atomic E-state index is 13.6. The number of carbonyl (C=O) groups excluding carboxylic acids is 1. The van der Waals surface area contributed by atoms with Crippen molar-refractivity contribution in [2.45, 2.75) is 6.54 Å². The zero-order valence-electron chi connectivity index (χ0n) is 12.1. The van der Waals surface area contributed by atoms with Crippen LogP contribution in [0.3, 0.4) is 0 Å². The summed E-state index contributed by atoms with van der Waals surface area (Å²) in [5, 5.41) is 6.90. The van der Waals surface area contributed by atoms with Crippen LogP contribution in [0.15, 0.2) is 30.9 Å². The first-order valence-electron chi connectivity index (χ1n) is 6.55. The molecule has 1 amide bonds. The number of ether oxygens (including phenoxy) is 1. The lowest BCUT2D eigenvalue weighted by molar-refractivity contribution is 0.0950. The van der Waals surface area contributed by atoms with Gasteiger partial charge in [-0.1, -0.05) is 0 Å². The van der Waals surface area contributed by atoms with Crippen molar-refractivity contribution in [1.82, 2.24) is 24.5 Å². The third-order valence-corrected chi connectivity index (χ3v) is 3.31. The summed E-state index contributed by atoms with van der Waals surface area (Å²) in [5.41, 5.74) is 1.88. The molecule has 0 aliphatic rings. The predicted octanol–water partition coefficient (Wildman–Crippen LogP) is 1.15. The van der Waals surface area contributed by atoms with Gasteiger partial charge in [0, 0.05) is 37.7 Å². The molecule has 7 nitrogen and oxygen atoms in total. The van der Waals surface area contributed by atoms with E-state index in [2.05, 4.69) is 15.4 Å². The Morgan fingerprint density at radius 1 is 1.41 bits per heavy atom. The maximum absolute atomic E-state index is 13.6. The van der Waals surface area contributed by atoms with E-state index in [1.165, 1.54) is 13.3 Å². The Morgan fingerprint density at radius 2 is 2.23 bits per heavy atom. The van der Waals surface area contributed by atoms with Crippen molar-refractivity contribution in [2.75, 3.05) is 7.11 Å². The van der Waals surface area contributed by atoms with Crippen molar-refractivity contribution in [1.29, 1.82) is 0 Å². The van der Waals surface area contributed by atoms with Crippen LogP contribution in [-0.2, 0) is 13.6 Å². The van der Waals surface area contributed by atoms with Crippen molar-refractivity contribution in [3.05, 3.63) is 47.8 Å². The number of rotatable bonds is 4. The molecule has 0 aromatic carbocycles. The number of aromatic nitrogens is 4. The van der Waals surface area contributed by atoms with Crippen LogP contribution in [0.5, 0.6) is 5.88 Å². The Bertz CT molecular complexity index is 839. The molecule has 114 valence electrons. The average Bonchev–Trinajstić information content (AvgIpc) is 3.08. The van der Waals surface area contributed by atoms with Gasteiger partial charge in [-0.15, -0.1) is 0 Å². The van der Waals surface area contributed by atoms with E-state index >= 15 is 0 Å². The van der Waals surface area contributed by atoms with Crippen LogP contribution in [-0.4, -0.2) is 32.2 Å². The third-order valence-electron chi connectivity index (χ3n) is 3.31. The highest BCUT2D eigenvalue weighted by atomic mass is 19.1. The minimum absolute atomic E-state index is 0.133. The van der Waals surface area contributed by atoms with Crippen LogP contribution in [0.2, 0.25) is 0 Å². The van der Waals surface area contributed by atoms with Crippen LogP contribution in [0.1, 0.15) is 15.9 Å². The molecule has 0 spiro atoms. The zero-order valence-corrected chi connectivity index (χ0v) is 12.1. The Kier molecular flexibility index (Phi) is 3.50. The van der Waals surface area contributed by atoms with Gasteiger partial charge >= 0.3 is 0 Å². The molecule has 1 N–H and O–H groups in total. The van der Waals surface area contributed by atoms with Gasteiger partial charge in [-0.3, -0.25) is 4.79 Å². The first-order chi connectivity index (χ1) is 10.6. The first-order valence-corrected chi connectivity index (χ1v) is 6.55. The fraction of sp³-hybridized carbons (Fsp3) is 0.214. The number of hydrogen-bond acceptors (Lipinski definition) is 4. The average molecular weight is 303 g/mol. The lowest BCUT2D eigenvalue weighted by Crippen LogP contribution is -2.23. The largest absolute Gasteiger partial charge is 0.479 e. The van der Waals surface area contributed by atoms with E-state index in [-0.39, 0.29) is 18.0 Å². The van der Waals surface area contributed by atoms with Crippen molar-refractivity contribution in [2.24, 2.45) is 7.05 Å². The number of nitrogens with one attached hydrogen (secondary N) is 1. The Hall–Kier alpha value is -2.90. The normalized spacial score (nSPS) is 10.9. The van der Waals surface area contributed by atoms with Crippen LogP contribution in [0.25, 0.3) is 5.65 Å². The number of fused-ring (bicyclic) bond motifs is 1. The van der Waals surface area contributed by atoms with Gasteiger partial charge in [0.2, 0.25) is 5.88 Å². The summed E-state index contributed by atoms with van der Waals surface area (Å²) in [7, 11) is 3.21. The number of pyridine rings is 1. The molecular weight excluding hydrogens is 289 g/mol. The topological polar surface area (TPSA) is 73.4 Å². The predicted molar refractivity (Wildman–Crippen MR) is 76.1 cm³/mol. The second-order valence-corrected chi connectivity index (χ2v) is 4.74. The minimum Gasteiger partial charge on any atom is -0.479 e. The second-order valence-electron chi connectivity index (χ2n) is 4.74. The molecule has 0 saturated heterocycles. The molecule has 3 rings (SSSR count). The van der Waals surface area contributed by atoms with Crippen molar-refractivity contribution in [3.63, 3.8) is 0 Å². The highest BCUT2D eigenvalue weighted by Gasteiger charge is 2.13. The van der Waals surface area contributed by atoms with Crippen molar-refractivity contribution < 1.29 is 13.9 Å². The molecule has 0 radical (unpaired) electrons. The molecule has 8 heteroatoms. The summed E-state index contributed by atoms with van der Waals surface area (Å²) in [5.74, 6) is -1.23. The Morgan fingerprint density at radius 3 is 2.95 bits per heavy atom. The summed E-state index contributed by atoms with van der Waals surface area (Å²) in [4.78, 5) is 15.8. The number of nitrogens with zero attached hydrogens (tertiary/aromatic N) is 4. The van der Waals surface area contributed by atoms with Crippen molar-refractivity contribution in [3.8, 4) is 5.88 Å². The fourth-order valence-corrected chi connectivity index (χ4v) is 2.22. The highest BCUT2D eigenvalue weighted by Crippen LogP contribution is 2.14. The van der Waals surface area contributed by atoms with Crippen LogP contribution < -0.4 is 10.1 Å². The third kappa shape index (κ3) is 2.39. The molecule has 3 aromatic rings. The number of methoxy groups -OCH3 is 1. The molecular formula is C14H14FN5O2. The van der Waals surface area contributed by atoms with Gasteiger partial charge in [0.05, 0.1) is 18.9 Å². The summed E-state index contributed by atoms with van der Waals surface area (Å²) < 4.78 is 21.9. The molecule has 3 aromatic heterocycles. The monoisotopic (exact) mass is 303 g/mol. The number of imidazole rings is 1. The van der Waals surface area contributed by atoms with E-state index in [0.717, 1.165) is 17.3 Å². The standard InChI is InChI=1S/C14H14FN5O2/c1-19-3-4-20-14(19)10(8-18-20)7-16-12(21)9-5-11(15)13(22-2)17-6-9/h3-6,8H,7H2,1-2H3,(H,16,21). The summed E-state index contributed by atoms with van der Waals surface area (Å²) in [6.45, 7) is 0.286. The summed E-state index contributed by atoms with van der Waals surface area (Å²) in [6, 6.07) is 1.09. The minimum atomic E-state index is -0.675. The smallest absolute Gasteiger partial charge is 0.253 e. The SMILES string of the molecule is COc1ncc(C(=O)NCc2cnn3ccn(C)c23)cc1F. The molecule has 0 atom stereocenters. The lowest BCUT2D eigenvalue weighted by Gasteiger charge is -2.06. The fourth-order valence-electron chi connectivity index (χ4n) is 2.22. The maximum Gasteiger partial charge on any atom is 0.253 e. The lowest BCUT2D eigenvalue weighted by atomic mass is 10.2. The molecule has 0 unspecified atom stereocenters. The molecule has 0 aliphatic heterocycles. The van der Waals surface area contributed by atoms with Crippen LogP contribution >= 0.6 is 0 Å². The van der Waals surface area contributed by atoms with Gasteiger partial charge in [0.15, 0.2) is 5.82 Å². The number of amides is 1. The molecule has 0 saturated carbocycles. The first kappa shape index (κ1) is 14.1. The molecule has 3 heterocycles. The second kappa shape index (κ2) is 5.47. The van der Waals surface area contributed by atoms with E-state index < -0.39 is 11.7 Å². The number of hydrogen-bond donors (Lipinski definition) is 1. The van der Waals surface area contributed by atoms with Crippen LogP contribution in [0, 0.1) is 5.82 Å². The molecule has 0 bridgehead atoms. The molecule has 22 heavy (non-hydrogen) atoms. The van der Waals surface area contributed by atoms with Gasteiger partial charge in [0.1, 0.15) is 5.65 Å². The van der Waals surface area contributed by atoms with Crippen molar-refractivity contribution >= 4 is 11.6 Å². The van der Waals surface area contributed by atoms with Crippen LogP contribution in [0.4, 0.5) is 4.39 Å². The zero-order chi connectivity index (χ0) is 15.7. The summed E-state index contributed by atoms with van der Waals surface area (Å²) >= 11 is 0. The van der Waals surface area contributed by atoms with Gasteiger partial charge in [-0.2, -0.15) is 5.10 Å². The Labute approximate surface area is 125 Å². The van der Waals surface area contributed by atoms with Gasteiger partial charge < -0.3 is 14.6 Å². The summed E-state index contributed by atoms with van der Waals surface area (Å²) in [6.07, 6.45) is 6.65. The Balaban J connectivity index is 1.74. The van der Waals surface area contributed by atoms with E-state index in [9.17, 15) is 9.18 Å². The van der Waals surface area contributed by atoms with Gasteiger partial charge in [0.25, 0.3) is 5.91 Å². The molecule has 0 aliphatic carbocycles.